The van der Waals surface area contributed by atoms with Crippen molar-refractivity contribution in [1.82, 2.24) is 0 Å². The van der Waals surface area contributed by atoms with Gasteiger partial charge in [0.05, 0.1) is 19.9 Å². The molecule has 3 aromatic rings. The number of nitrogens with one attached hydrogen (secondary N) is 1. The minimum Gasteiger partial charge on any atom is -0.497 e. The largest absolute Gasteiger partial charge is 0.497 e. The maximum Gasteiger partial charge on any atom is 0.225 e. The van der Waals surface area contributed by atoms with Crippen LogP contribution in [0.4, 0.5) is 5.69 Å². The van der Waals surface area contributed by atoms with Crippen LogP contribution in [-0.2, 0) is 4.79 Å². The standard InChI is InChI=1S/C21H18BrNO3S/c1-25-14-6-3-12(4-7-14)17-11-27-21-16(10-19(24)23-20(17)21)15-9-13(22)5-8-18(15)26-2/h3-9,11,16H,10H2,1-2H3,(H,23,24)/t16-/m1/s1. The number of thiophene rings is 1. The summed E-state index contributed by atoms with van der Waals surface area (Å²) < 4.78 is 11.8. The van der Waals surface area contributed by atoms with Crippen LogP contribution < -0.4 is 14.8 Å². The van der Waals surface area contributed by atoms with Gasteiger partial charge in [-0.1, -0.05) is 28.1 Å². The van der Waals surface area contributed by atoms with Crippen molar-refractivity contribution in [3.05, 3.63) is 62.8 Å². The third kappa shape index (κ3) is 3.35. The third-order valence-electron chi connectivity index (χ3n) is 4.76. The number of methoxy groups -OCH3 is 2. The molecule has 0 saturated carbocycles. The first-order valence-electron chi connectivity index (χ1n) is 8.49. The summed E-state index contributed by atoms with van der Waals surface area (Å²) in [5.74, 6) is 1.59. The molecule has 1 N–H and O–H groups in total. The lowest BCUT2D eigenvalue weighted by Gasteiger charge is -2.25. The Morgan fingerprint density at radius 3 is 2.59 bits per heavy atom. The molecule has 0 spiro atoms. The monoisotopic (exact) mass is 443 g/mol. The van der Waals surface area contributed by atoms with Gasteiger partial charge in [-0.3, -0.25) is 4.79 Å². The molecular formula is C21H18BrNO3S. The highest BCUT2D eigenvalue weighted by molar-refractivity contribution is 9.10. The lowest BCUT2D eigenvalue weighted by Crippen LogP contribution is -2.22. The number of fused-ring (bicyclic) bond motifs is 1. The molecule has 0 aliphatic carbocycles. The molecular weight excluding hydrogens is 426 g/mol. The molecule has 1 amide bonds. The normalized spacial score (nSPS) is 15.8. The SMILES string of the molecule is COc1ccc(-c2csc3c2NC(=O)C[C@@H]3c2cc(Br)ccc2OC)cc1. The van der Waals surface area contributed by atoms with Crippen LogP contribution >= 0.6 is 27.3 Å². The van der Waals surface area contributed by atoms with Crippen LogP contribution in [0.3, 0.4) is 0 Å². The number of anilines is 1. The minimum absolute atomic E-state index is 0.0164. The number of hydrogen-bond donors (Lipinski definition) is 1. The number of carbonyl (C=O) groups is 1. The van der Waals surface area contributed by atoms with Gasteiger partial charge in [-0.05, 0) is 35.9 Å². The van der Waals surface area contributed by atoms with E-state index in [0.717, 1.165) is 43.2 Å². The van der Waals surface area contributed by atoms with E-state index in [4.69, 9.17) is 9.47 Å². The Hall–Kier alpha value is -2.31. The lowest BCUT2D eigenvalue weighted by molar-refractivity contribution is -0.116. The molecule has 2 aromatic carbocycles. The first-order valence-corrected chi connectivity index (χ1v) is 10.2. The highest BCUT2D eigenvalue weighted by atomic mass is 79.9. The number of amides is 1. The van der Waals surface area contributed by atoms with Crippen LogP contribution in [0.1, 0.15) is 22.8 Å². The van der Waals surface area contributed by atoms with Crippen LogP contribution in [0, 0.1) is 0 Å². The molecule has 0 radical (unpaired) electrons. The van der Waals surface area contributed by atoms with E-state index in [1.54, 1.807) is 25.6 Å². The van der Waals surface area contributed by atoms with Gasteiger partial charge >= 0.3 is 0 Å². The zero-order valence-corrected chi connectivity index (χ0v) is 17.3. The summed E-state index contributed by atoms with van der Waals surface area (Å²) in [7, 11) is 3.31. The fourth-order valence-electron chi connectivity index (χ4n) is 3.44. The van der Waals surface area contributed by atoms with Crippen LogP contribution in [0.2, 0.25) is 0 Å². The molecule has 0 saturated heterocycles. The quantitative estimate of drug-likeness (QED) is 0.564. The number of halogens is 1. The molecule has 1 aromatic heterocycles. The number of carbonyl (C=O) groups excluding carboxylic acids is 1. The Bertz CT molecular complexity index is 997. The second kappa shape index (κ2) is 7.37. The summed E-state index contributed by atoms with van der Waals surface area (Å²) in [6.45, 7) is 0. The van der Waals surface area contributed by atoms with Gasteiger partial charge < -0.3 is 14.8 Å². The summed E-state index contributed by atoms with van der Waals surface area (Å²) in [5.41, 5.74) is 4.00. The molecule has 138 valence electrons. The maximum absolute atomic E-state index is 12.5. The molecule has 6 heteroatoms. The van der Waals surface area contributed by atoms with E-state index >= 15 is 0 Å². The molecule has 1 aliphatic heterocycles. The van der Waals surface area contributed by atoms with Gasteiger partial charge in [0.1, 0.15) is 11.5 Å². The van der Waals surface area contributed by atoms with Crippen molar-refractivity contribution in [2.24, 2.45) is 0 Å². The number of hydrogen-bond acceptors (Lipinski definition) is 4. The van der Waals surface area contributed by atoms with Crippen molar-refractivity contribution in [2.45, 2.75) is 12.3 Å². The smallest absolute Gasteiger partial charge is 0.225 e. The third-order valence-corrected chi connectivity index (χ3v) is 6.35. The van der Waals surface area contributed by atoms with Crippen molar-refractivity contribution in [3.63, 3.8) is 0 Å². The van der Waals surface area contributed by atoms with Crippen LogP contribution in [0.15, 0.2) is 52.3 Å². The van der Waals surface area contributed by atoms with E-state index in [1.807, 2.05) is 42.5 Å². The molecule has 1 atom stereocenters. The maximum atomic E-state index is 12.5. The Balaban J connectivity index is 1.81. The van der Waals surface area contributed by atoms with Gasteiger partial charge in [0.15, 0.2) is 0 Å². The van der Waals surface area contributed by atoms with Crippen molar-refractivity contribution in [1.29, 1.82) is 0 Å². The Morgan fingerprint density at radius 1 is 1.11 bits per heavy atom. The van der Waals surface area contributed by atoms with E-state index in [9.17, 15) is 4.79 Å². The fraction of sp³-hybridized carbons (Fsp3) is 0.190. The Labute approximate surface area is 170 Å². The predicted octanol–water partition coefficient (Wildman–Crippen LogP) is 5.67. The van der Waals surface area contributed by atoms with E-state index in [-0.39, 0.29) is 11.8 Å². The van der Waals surface area contributed by atoms with Gasteiger partial charge in [-0.25, -0.2) is 0 Å². The molecule has 0 bridgehead atoms. The first-order chi connectivity index (χ1) is 13.1. The van der Waals surface area contributed by atoms with Crippen molar-refractivity contribution >= 4 is 38.9 Å². The number of ether oxygens (including phenoxy) is 2. The van der Waals surface area contributed by atoms with Gasteiger partial charge in [-0.15, -0.1) is 11.3 Å². The van der Waals surface area contributed by atoms with Gasteiger partial charge in [-0.2, -0.15) is 0 Å². The van der Waals surface area contributed by atoms with Crippen molar-refractivity contribution in [3.8, 4) is 22.6 Å². The number of rotatable bonds is 4. The molecule has 4 rings (SSSR count). The Morgan fingerprint density at radius 2 is 1.89 bits per heavy atom. The summed E-state index contributed by atoms with van der Waals surface area (Å²) in [6, 6.07) is 13.8. The van der Waals surface area contributed by atoms with Crippen molar-refractivity contribution < 1.29 is 14.3 Å². The van der Waals surface area contributed by atoms with E-state index in [0.29, 0.717) is 6.42 Å². The van der Waals surface area contributed by atoms with Crippen LogP contribution in [0.5, 0.6) is 11.5 Å². The molecule has 0 fully saturated rings. The van der Waals surface area contributed by atoms with E-state index in [2.05, 4.69) is 26.6 Å². The Kier molecular flexibility index (Phi) is 4.93. The molecule has 0 unspecified atom stereocenters. The van der Waals surface area contributed by atoms with Crippen molar-refractivity contribution in [2.75, 3.05) is 19.5 Å². The second-order valence-electron chi connectivity index (χ2n) is 6.31. The fourth-order valence-corrected chi connectivity index (χ4v) is 4.97. The second-order valence-corrected chi connectivity index (χ2v) is 8.14. The average Bonchev–Trinajstić information content (AvgIpc) is 3.11. The lowest BCUT2D eigenvalue weighted by atomic mass is 9.88. The number of benzene rings is 2. The highest BCUT2D eigenvalue weighted by Crippen LogP contribution is 2.48. The topological polar surface area (TPSA) is 47.6 Å². The summed E-state index contributed by atoms with van der Waals surface area (Å²) >= 11 is 5.21. The zero-order chi connectivity index (χ0) is 19.0. The molecule has 1 aliphatic rings. The van der Waals surface area contributed by atoms with Crippen LogP contribution in [-0.4, -0.2) is 20.1 Å². The van der Waals surface area contributed by atoms with Gasteiger partial charge in [0, 0.05) is 38.2 Å². The predicted molar refractivity (Wildman–Crippen MR) is 112 cm³/mol. The molecule has 2 heterocycles. The summed E-state index contributed by atoms with van der Waals surface area (Å²) in [5, 5.41) is 5.18. The molecule has 27 heavy (non-hydrogen) atoms. The zero-order valence-electron chi connectivity index (χ0n) is 14.9. The minimum atomic E-state index is -0.0294. The summed E-state index contributed by atoms with van der Waals surface area (Å²) in [6.07, 6.45) is 0.405. The van der Waals surface area contributed by atoms with Gasteiger partial charge in [0.25, 0.3) is 0 Å². The highest BCUT2D eigenvalue weighted by Gasteiger charge is 2.32. The first kappa shape index (κ1) is 18.1. The summed E-state index contributed by atoms with van der Waals surface area (Å²) in [4.78, 5) is 13.6. The van der Waals surface area contributed by atoms with E-state index < -0.39 is 0 Å². The van der Waals surface area contributed by atoms with Gasteiger partial charge in [0.2, 0.25) is 5.91 Å². The molecule has 4 nitrogen and oxygen atoms in total. The van der Waals surface area contributed by atoms with E-state index in [1.165, 1.54) is 0 Å². The average molecular weight is 444 g/mol. The van der Waals surface area contributed by atoms with Crippen LogP contribution in [0.25, 0.3) is 11.1 Å².